The van der Waals surface area contributed by atoms with E-state index in [1.54, 1.807) is 7.11 Å². The standard InChI is InChI=1S/C19H17FN6O2/c1-28-14-3-4-17-15(9-14)12(10-22-17)6-7-21-19(27)16-8-13(20)2-5-18(16)26-11-23-24-25-26/h2-5,8-11,22H,6-7H2,1H3,(H,21,27). The molecule has 4 rings (SSSR count). The van der Waals surface area contributed by atoms with Crippen molar-refractivity contribution < 1.29 is 13.9 Å². The number of nitrogens with zero attached hydrogens (tertiary/aromatic N) is 4. The number of hydrogen-bond donors (Lipinski definition) is 2. The maximum absolute atomic E-state index is 13.7. The molecule has 4 aromatic rings. The van der Waals surface area contributed by atoms with E-state index in [-0.39, 0.29) is 5.56 Å². The molecule has 0 unspecified atom stereocenters. The van der Waals surface area contributed by atoms with Crippen molar-refractivity contribution in [2.24, 2.45) is 0 Å². The molecule has 28 heavy (non-hydrogen) atoms. The molecule has 0 saturated carbocycles. The Hall–Kier alpha value is -3.75. The predicted octanol–water partition coefficient (Wildman–Crippen LogP) is 2.26. The van der Waals surface area contributed by atoms with Crippen LogP contribution >= 0.6 is 0 Å². The van der Waals surface area contributed by atoms with Gasteiger partial charge in [0.2, 0.25) is 0 Å². The maximum Gasteiger partial charge on any atom is 0.253 e. The van der Waals surface area contributed by atoms with Crippen LogP contribution in [0.4, 0.5) is 4.39 Å². The van der Waals surface area contributed by atoms with Crippen molar-refractivity contribution >= 4 is 16.8 Å². The van der Waals surface area contributed by atoms with Gasteiger partial charge in [0.15, 0.2) is 0 Å². The van der Waals surface area contributed by atoms with Crippen LogP contribution in [0.3, 0.4) is 0 Å². The van der Waals surface area contributed by atoms with Gasteiger partial charge in [0.25, 0.3) is 5.91 Å². The topological polar surface area (TPSA) is 97.7 Å². The number of tetrazole rings is 1. The Kier molecular flexibility index (Phi) is 4.71. The molecule has 9 heteroatoms. The van der Waals surface area contributed by atoms with E-state index >= 15 is 0 Å². The zero-order valence-corrected chi connectivity index (χ0v) is 15.0. The summed E-state index contributed by atoms with van der Waals surface area (Å²) in [4.78, 5) is 15.8. The van der Waals surface area contributed by atoms with Crippen molar-refractivity contribution in [3.05, 3.63) is 65.9 Å². The van der Waals surface area contributed by atoms with Gasteiger partial charge in [-0.3, -0.25) is 4.79 Å². The molecule has 2 heterocycles. The Morgan fingerprint density at radius 2 is 2.18 bits per heavy atom. The number of aromatic nitrogens is 5. The molecule has 2 aromatic carbocycles. The first-order chi connectivity index (χ1) is 13.7. The first-order valence-corrected chi connectivity index (χ1v) is 8.61. The maximum atomic E-state index is 13.7. The van der Waals surface area contributed by atoms with E-state index in [9.17, 15) is 9.18 Å². The predicted molar refractivity (Wildman–Crippen MR) is 100.0 cm³/mol. The highest BCUT2D eigenvalue weighted by Gasteiger charge is 2.15. The number of carbonyl (C=O) groups is 1. The van der Waals surface area contributed by atoms with Crippen LogP contribution in [-0.4, -0.2) is 44.8 Å². The Bertz CT molecular complexity index is 1120. The number of aromatic amines is 1. The Labute approximate surface area is 159 Å². The van der Waals surface area contributed by atoms with Crippen molar-refractivity contribution in [2.75, 3.05) is 13.7 Å². The molecule has 2 N–H and O–H groups in total. The molecule has 1 amide bonds. The molecular weight excluding hydrogens is 363 g/mol. The molecule has 0 bridgehead atoms. The van der Waals surface area contributed by atoms with Gasteiger partial charge in [0, 0.05) is 23.6 Å². The molecule has 0 radical (unpaired) electrons. The summed E-state index contributed by atoms with van der Waals surface area (Å²) in [5.74, 6) is -0.142. The highest BCUT2D eigenvalue weighted by molar-refractivity contribution is 5.97. The summed E-state index contributed by atoms with van der Waals surface area (Å²) in [5, 5.41) is 14.7. The fourth-order valence-electron chi connectivity index (χ4n) is 3.06. The van der Waals surface area contributed by atoms with Crippen LogP contribution in [0.1, 0.15) is 15.9 Å². The lowest BCUT2D eigenvalue weighted by molar-refractivity contribution is 0.0953. The molecule has 142 valence electrons. The number of halogens is 1. The molecule has 0 spiro atoms. The number of carbonyl (C=O) groups excluding carboxylic acids is 1. The lowest BCUT2D eigenvalue weighted by Gasteiger charge is -2.10. The number of ether oxygens (including phenoxy) is 1. The SMILES string of the molecule is COc1ccc2[nH]cc(CCNC(=O)c3cc(F)ccc3-n3cnnn3)c2c1. The average Bonchev–Trinajstić information content (AvgIpc) is 3.37. The minimum absolute atomic E-state index is 0.160. The molecule has 2 aromatic heterocycles. The van der Waals surface area contributed by atoms with Gasteiger partial charge in [-0.05, 0) is 58.8 Å². The minimum atomic E-state index is -0.509. The third kappa shape index (κ3) is 3.41. The molecular formula is C19H17FN6O2. The zero-order chi connectivity index (χ0) is 19.5. The van der Waals surface area contributed by atoms with E-state index < -0.39 is 11.7 Å². The quantitative estimate of drug-likeness (QED) is 0.535. The fraction of sp³-hybridized carbons (Fsp3) is 0.158. The van der Waals surface area contributed by atoms with Crippen molar-refractivity contribution in [3.8, 4) is 11.4 Å². The first-order valence-electron chi connectivity index (χ1n) is 8.61. The number of amides is 1. The third-order valence-electron chi connectivity index (χ3n) is 4.45. The number of H-pyrrole nitrogens is 1. The summed E-state index contributed by atoms with van der Waals surface area (Å²) in [7, 11) is 1.62. The summed E-state index contributed by atoms with van der Waals surface area (Å²) in [5.41, 5.74) is 2.61. The number of rotatable bonds is 6. The molecule has 0 saturated heterocycles. The molecule has 0 fully saturated rings. The van der Waals surface area contributed by atoms with Crippen LogP contribution in [0.25, 0.3) is 16.6 Å². The fourth-order valence-corrected chi connectivity index (χ4v) is 3.06. The largest absolute Gasteiger partial charge is 0.497 e. The van der Waals surface area contributed by atoms with Crippen LogP contribution in [0.15, 0.2) is 48.9 Å². The average molecular weight is 380 g/mol. The highest BCUT2D eigenvalue weighted by atomic mass is 19.1. The van der Waals surface area contributed by atoms with Crippen molar-refractivity contribution in [1.82, 2.24) is 30.5 Å². The number of benzene rings is 2. The summed E-state index contributed by atoms with van der Waals surface area (Å²) in [6.45, 7) is 0.383. The van der Waals surface area contributed by atoms with Gasteiger partial charge >= 0.3 is 0 Å². The Morgan fingerprint density at radius 3 is 2.96 bits per heavy atom. The Morgan fingerprint density at radius 1 is 1.29 bits per heavy atom. The number of nitrogens with one attached hydrogen (secondary N) is 2. The van der Waals surface area contributed by atoms with E-state index in [1.807, 2.05) is 24.4 Å². The summed E-state index contributed by atoms with van der Waals surface area (Å²) in [6.07, 6.45) is 3.86. The van der Waals surface area contributed by atoms with Crippen molar-refractivity contribution in [1.29, 1.82) is 0 Å². The second kappa shape index (κ2) is 7.47. The molecule has 0 aliphatic heterocycles. The summed E-state index contributed by atoms with van der Waals surface area (Å²) < 4.78 is 20.3. The van der Waals surface area contributed by atoms with Gasteiger partial charge in [-0.2, -0.15) is 4.68 Å². The zero-order valence-electron chi connectivity index (χ0n) is 15.0. The second-order valence-electron chi connectivity index (χ2n) is 6.15. The van der Waals surface area contributed by atoms with Crippen LogP contribution in [-0.2, 0) is 6.42 Å². The lowest BCUT2D eigenvalue weighted by atomic mass is 10.1. The van der Waals surface area contributed by atoms with Crippen LogP contribution in [0, 0.1) is 5.82 Å². The highest BCUT2D eigenvalue weighted by Crippen LogP contribution is 2.24. The third-order valence-corrected chi connectivity index (χ3v) is 4.45. The van der Waals surface area contributed by atoms with Gasteiger partial charge in [0.1, 0.15) is 17.9 Å². The lowest BCUT2D eigenvalue weighted by Crippen LogP contribution is -2.27. The van der Waals surface area contributed by atoms with Gasteiger partial charge in [-0.1, -0.05) is 0 Å². The van der Waals surface area contributed by atoms with Crippen molar-refractivity contribution in [3.63, 3.8) is 0 Å². The normalized spacial score (nSPS) is 10.9. The second-order valence-corrected chi connectivity index (χ2v) is 6.15. The van der Waals surface area contributed by atoms with Gasteiger partial charge in [-0.25, -0.2) is 4.39 Å². The molecule has 0 aliphatic rings. The van der Waals surface area contributed by atoms with E-state index in [1.165, 1.54) is 29.2 Å². The monoisotopic (exact) mass is 380 g/mol. The summed E-state index contributed by atoms with van der Waals surface area (Å²) in [6, 6.07) is 9.67. The number of methoxy groups -OCH3 is 1. The van der Waals surface area contributed by atoms with Gasteiger partial charge in [-0.15, -0.1) is 5.10 Å². The first kappa shape index (κ1) is 17.7. The smallest absolute Gasteiger partial charge is 0.253 e. The van der Waals surface area contributed by atoms with Crippen LogP contribution in [0.2, 0.25) is 0 Å². The minimum Gasteiger partial charge on any atom is -0.497 e. The van der Waals surface area contributed by atoms with E-state index in [0.29, 0.717) is 18.7 Å². The molecule has 0 atom stereocenters. The van der Waals surface area contributed by atoms with E-state index in [4.69, 9.17) is 4.74 Å². The Balaban J connectivity index is 1.49. The number of hydrogen-bond acceptors (Lipinski definition) is 5. The van der Waals surface area contributed by atoms with Gasteiger partial charge in [0.05, 0.1) is 18.4 Å². The number of fused-ring (bicyclic) bond motifs is 1. The van der Waals surface area contributed by atoms with Crippen LogP contribution in [0.5, 0.6) is 5.75 Å². The van der Waals surface area contributed by atoms with Crippen molar-refractivity contribution in [2.45, 2.75) is 6.42 Å². The van der Waals surface area contributed by atoms with Crippen LogP contribution < -0.4 is 10.1 Å². The van der Waals surface area contributed by atoms with E-state index in [0.717, 1.165) is 22.2 Å². The molecule has 8 nitrogen and oxygen atoms in total. The summed E-state index contributed by atoms with van der Waals surface area (Å²) >= 11 is 0. The molecule has 0 aliphatic carbocycles. The van der Waals surface area contributed by atoms with Gasteiger partial charge < -0.3 is 15.0 Å². The van der Waals surface area contributed by atoms with E-state index in [2.05, 4.69) is 25.8 Å².